The normalized spacial score (nSPS) is 22.2. The van der Waals surface area contributed by atoms with Gasteiger partial charge in [-0.2, -0.15) is 0 Å². The van der Waals surface area contributed by atoms with Gasteiger partial charge in [-0.3, -0.25) is 14.4 Å². The van der Waals surface area contributed by atoms with Crippen LogP contribution in [0.3, 0.4) is 0 Å². The number of carbonyl (C=O) groups excluding carboxylic acids is 2. The van der Waals surface area contributed by atoms with Gasteiger partial charge in [0.2, 0.25) is 0 Å². The molecule has 1 heterocycles. The molecule has 6 atom stereocenters. The third-order valence-electron chi connectivity index (χ3n) is 6.81. The molecule has 0 spiro atoms. The first-order valence-electron chi connectivity index (χ1n) is 12.9. The van der Waals surface area contributed by atoms with Gasteiger partial charge >= 0.3 is 0 Å². The van der Waals surface area contributed by atoms with Crippen LogP contribution in [-0.2, 0) is 19.2 Å². The molecule has 36 heavy (non-hydrogen) atoms. The minimum absolute atomic E-state index is 0.00246. The molecule has 0 amide bonds. The zero-order valence-corrected chi connectivity index (χ0v) is 22.8. The third kappa shape index (κ3) is 8.26. The van der Waals surface area contributed by atoms with Crippen LogP contribution in [0.2, 0.25) is 0 Å². The van der Waals surface area contributed by atoms with Crippen molar-refractivity contribution in [2.75, 3.05) is 12.2 Å². The van der Waals surface area contributed by atoms with Crippen molar-refractivity contribution in [3.05, 3.63) is 65.8 Å². The van der Waals surface area contributed by atoms with Gasteiger partial charge in [-0.05, 0) is 57.2 Å². The molecule has 6 heteroatoms. The lowest BCUT2D eigenvalue weighted by Gasteiger charge is -2.39. The van der Waals surface area contributed by atoms with E-state index in [1.54, 1.807) is 13.0 Å². The number of hydroxylamine groups is 1. The Morgan fingerprint density at radius 2 is 1.81 bits per heavy atom. The SMILES string of the molecule is CC/C(C)=C/C1C=CC([C@@H](C)CC(C)C(=O)[C@H](OC)C(O)/C(C)=C/CC(C)=O)N(c2ccccc2)O1. The van der Waals surface area contributed by atoms with Crippen molar-refractivity contribution >= 4 is 17.3 Å². The number of rotatable bonds is 13. The lowest BCUT2D eigenvalue weighted by molar-refractivity contribution is -0.138. The summed E-state index contributed by atoms with van der Waals surface area (Å²) < 4.78 is 5.42. The molecule has 0 aromatic heterocycles. The predicted molar refractivity (Wildman–Crippen MR) is 145 cm³/mol. The Hall–Kier alpha value is -2.54. The summed E-state index contributed by atoms with van der Waals surface area (Å²) in [7, 11) is 1.43. The van der Waals surface area contributed by atoms with Crippen molar-refractivity contribution in [2.45, 2.75) is 85.2 Å². The third-order valence-corrected chi connectivity index (χ3v) is 6.81. The van der Waals surface area contributed by atoms with Gasteiger partial charge in [-0.25, -0.2) is 5.06 Å². The number of aliphatic hydroxyl groups excluding tert-OH is 1. The second-order valence-corrected chi connectivity index (χ2v) is 9.95. The molecular formula is C30H43NO5. The van der Waals surface area contributed by atoms with Crippen molar-refractivity contribution in [1.29, 1.82) is 0 Å². The second-order valence-electron chi connectivity index (χ2n) is 9.95. The number of carbonyl (C=O) groups is 2. The zero-order chi connectivity index (χ0) is 26.8. The zero-order valence-electron chi connectivity index (χ0n) is 22.8. The Morgan fingerprint density at radius 1 is 1.14 bits per heavy atom. The Balaban J connectivity index is 2.19. The fourth-order valence-corrected chi connectivity index (χ4v) is 4.41. The van der Waals surface area contributed by atoms with Gasteiger partial charge in [0.25, 0.3) is 0 Å². The molecular weight excluding hydrogens is 454 g/mol. The highest BCUT2D eigenvalue weighted by atomic mass is 16.7. The maximum absolute atomic E-state index is 13.3. The molecule has 0 saturated heterocycles. The first-order chi connectivity index (χ1) is 17.1. The van der Waals surface area contributed by atoms with Crippen LogP contribution in [0.5, 0.6) is 0 Å². The highest BCUT2D eigenvalue weighted by molar-refractivity contribution is 5.86. The fourth-order valence-electron chi connectivity index (χ4n) is 4.41. The van der Waals surface area contributed by atoms with Crippen LogP contribution in [0.1, 0.15) is 60.8 Å². The second kappa shape index (κ2) is 14.3. The van der Waals surface area contributed by atoms with Gasteiger partial charge in [0.1, 0.15) is 24.1 Å². The molecule has 1 aliphatic heterocycles. The Morgan fingerprint density at radius 3 is 2.39 bits per heavy atom. The maximum atomic E-state index is 13.3. The molecule has 1 aliphatic rings. The molecule has 198 valence electrons. The number of benzene rings is 1. The summed E-state index contributed by atoms with van der Waals surface area (Å²) in [6, 6.07) is 9.93. The standard InChI is InChI=1S/C30H43NO5/c1-8-20(2)18-26-16-17-27(31(36-26)25-12-10-9-11-13-25)22(4)19-23(5)29(34)30(35-7)28(33)21(3)14-15-24(6)32/h9-14,16-18,22-23,26-28,30,33H,8,15,19H2,1-7H3/b20-18+,21-14+/t22-,23?,26?,27?,28?,30+/m0/s1. The molecule has 0 bridgehead atoms. The Bertz CT molecular complexity index is 951. The number of Topliss-reactive ketones (excluding diaryl/α,β-unsaturated/α-hetero) is 2. The van der Waals surface area contributed by atoms with Crippen molar-refractivity contribution in [1.82, 2.24) is 0 Å². The minimum atomic E-state index is -1.09. The molecule has 0 aliphatic carbocycles. The van der Waals surface area contributed by atoms with E-state index >= 15 is 0 Å². The monoisotopic (exact) mass is 497 g/mol. The van der Waals surface area contributed by atoms with Crippen LogP contribution >= 0.6 is 0 Å². The maximum Gasteiger partial charge on any atom is 0.167 e. The molecule has 0 radical (unpaired) electrons. The molecule has 0 fully saturated rings. The van der Waals surface area contributed by atoms with Crippen molar-refractivity contribution in [2.24, 2.45) is 11.8 Å². The first kappa shape index (κ1) is 29.7. The number of para-hydroxylation sites is 1. The molecule has 0 saturated carbocycles. The van der Waals surface area contributed by atoms with Gasteiger partial charge in [0.15, 0.2) is 5.78 Å². The Kier molecular flexibility index (Phi) is 11.8. The van der Waals surface area contributed by atoms with E-state index in [9.17, 15) is 14.7 Å². The van der Waals surface area contributed by atoms with Gasteiger partial charge in [-0.15, -0.1) is 0 Å². The average Bonchev–Trinajstić information content (AvgIpc) is 2.87. The quantitative estimate of drug-likeness (QED) is 0.357. The highest BCUT2D eigenvalue weighted by Gasteiger charge is 2.35. The summed E-state index contributed by atoms with van der Waals surface area (Å²) in [5.41, 5.74) is 2.79. The summed E-state index contributed by atoms with van der Waals surface area (Å²) in [6.07, 6.45) is 7.60. The smallest absolute Gasteiger partial charge is 0.167 e. The van der Waals surface area contributed by atoms with Crippen molar-refractivity contribution < 1.29 is 24.3 Å². The topological polar surface area (TPSA) is 76.1 Å². The summed E-state index contributed by atoms with van der Waals surface area (Å²) >= 11 is 0. The number of hydrogen-bond donors (Lipinski definition) is 1. The predicted octanol–water partition coefficient (Wildman–Crippen LogP) is 5.62. The number of anilines is 1. The van der Waals surface area contributed by atoms with Crippen molar-refractivity contribution in [3.63, 3.8) is 0 Å². The molecule has 2 rings (SSSR count). The molecule has 1 aromatic rings. The highest BCUT2D eigenvalue weighted by Crippen LogP contribution is 2.31. The van der Waals surface area contributed by atoms with Gasteiger partial charge in [0.05, 0.1) is 11.7 Å². The van der Waals surface area contributed by atoms with Crippen LogP contribution in [-0.4, -0.2) is 48.1 Å². The largest absolute Gasteiger partial charge is 0.386 e. The lowest BCUT2D eigenvalue weighted by Crippen LogP contribution is -2.45. The first-order valence-corrected chi connectivity index (χ1v) is 12.9. The average molecular weight is 498 g/mol. The van der Waals surface area contributed by atoms with Gasteiger partial charge < -0.3 is 9.84 Å². The molecule has 1 aromatic carbocycles. The number of allylic oxidation sites excluding steroid dienone is 2. The minimum Gasteiger partial charge on any atom is -0.386 e. The fraction of sp³-hybridized carbons (Fsp3) is 0.533. The number of ketones is 2. The van der Waals surface area contributed by atoms with E-state index in [4.69, 9.17) is 9.57 Å². The van der Waals surface area contributed by atoms with Crippen LogP contribution in [0.4, 0.5) is 5.69 Å². The number of nitrogens with zero attached hydrogens (tertiary/aromatic N) is 1. The van der Waals surface area contributed by atoms with E-state index in [1.807, 2.05) is 42.3 Å². The van der Waals surface area contributed by atoms with Crippen molar-refractivity contribution in [3.8, 4) is 0 Å². The van der Waals surface area contributed by atoms with Crippen LogP contribution in [0.25, 0.3) is 0 Å². The molecule has 6 nitrogen and oxygen atoms in total. The van der Waals surface area contributed by atoms with Gasteiger partial charge in [0, 0.05) is 19.4 Å². The number of methoxy groups -OCH3 is 1. The summed E-state index contributed by atoms with van der Waals surface area (Å²) in [4.78, 5) is 31.0. The Labute approximate surface area is 216 Å². The van der Waals surface area contributed by atoms with E-state index in [-0.39, 0.29) is 42.0 Å². The molecule has 4 unspecified atom stereocenters. The summed E-state index contributed by atoms with van der Waals surface area (Å²) in [5, 5.41) is 12.7. The van der Waals surface area contributed by atoms with Gasteiger partial charge in [-0.1, -0.05) is 68.8 Å². The number of hydrogen-bond acceptors (Lipinski definition) is 6. The summed E-state index contributed by atoms with van der Waals surface area (Å²) in [6.45, 7) is 11.4. The number of aliphatic hydroxyl groups is 1. The number of ether oxygens (including phenoxy) is 1. The van der Waals surface area contributed by atoms with Crippen LogP contribution in [0.15, 0.2) is 65.8 Å². The summed E-state index contributed by atoms with van der Waals surface area (Å²) in [5.74, 6) is -0.413. The lowest BCUT2D eigenvalue weighted by atomic mass is 9.84. The van der Waals surface area contributed by atoms with Crippen LogP contribution in [0, 0.1) is 11.8 Å². The van der Waals surface area contributed by atoms with E-state index in [2.05, 4.69) is 39.0 Å². The van der Waals surface area contributed by atoms with E-state index in [1.165, 1.54) is 19.6 Å². The molecule has 1 N–H and O–H groups in total. The van der Waals surface area contributed by atoms with Crippen LogP contribution < -0.4 is 5.06 Å². The van der Waals surface area contributed by atoms with E-state index in [0.29, 0.717) is 12.0 Å². The van der Waals surface area contributed by atoms with E-state index in [0.717, 1.165) is 12.1 Å². The van der Waals surface area contributed by atoms with E-state index < -0.39 is 12.2 Å².